The molecule has 4 rings (SSSR count). The second-order valence-corrected chi connectivity index (χ2v) is 8.78. The number of nitrogens with one attached hydrogen (secondary N) is 1. The number of aryl methyl sites for hydroxylation is 1. The highest BCUT2D eigenvalue weighted by atomic mass is 32.2. The van der Waals surface area contributed by atoms with Crippen LogP contribution in [0.15, 0.2) is 58.5 Å². The number of nitrogens with zero attached hydrogens (tertiary/aromatic N) is 4. The number of para-hydroxylation sites is 1. The van der Waals surface area contributed by atoms with Crippen molar-refractivity contribution in [1.29, 1.82) is 0 Å². The summed E-state index contributed by atoms with van der Waals surface area (Å²) < 4.78 is 3.44. The average molecular weight is 450 g/mol. The van der Waals surface area contributed by atoms with Crippen LogP contribution in [0.25, 0.3) is 22.4 Å². The van der Waals surface area contributed by atoms with E-state index in [0.717, 1.165) is 30.5 Å². The molecule has 2 aromatic heterocycles. The highest BCUT2D eigenvalue weighted by molar-refractivity contribution is 7.99. The molecule has 1 amide bonds. The number of fused-ring (bicyclic) bond motifs is 3. The van der Waals surface area contributed by atoms with Crippen molar-refractivity contribution in [3.8, 4) is 5.69 Å². The van der Waals surface area contributed by atoms with Crippen LogP contribution in [0.5, 0.6) is 0 Å². The number of hydrogen-bond acceptors (Lipinski definition) is 5. The minimum atomic E-state index is -0.146. The number of carbonyl (C=O) groups is 1. The molecule has 0 aliphatic heterocycles. The van der Waals surface area contributed by atoms with Gasteiger partial charge in [-0.1, -0.05) is 56.3 Å². The van der Waals surface area contributed by atoms with Gasteiger partial charge in [0.1, 0.15) is 0 Å². The molecule has 0 spiro atoms. The quantitative estimate of drug-likeness (QED) is 0.411. The van der Waals surface area contributed by atoms with E-state index in [9.17, 15) is 9.59 Å². The van der Waals surface area contributed by atoms with Crippen LogP contribution < -0.4 is 10.9 Å². The molecular weight excluding hydrogens is 422 g/mol. The first-order valence-corrected chi connectivity index (χ1v) is 11.9. The van der Waals surface area contributed by atoms with Gasteiger partial charge < -0.3 is 5.32 Å². The van der Waals surface area contributed by atoms with E-state index in [-0.39, 0.29) is 23.3 Å². The second-order valence-electron chi connectivity index (χ2n) is 7.84. The Morgan fingerprint density at radius 2 is 1.84 bits per heavy atom. The van der Waals surface area contributed by atoms with Gasteiger partial charge in [-0.2, -0.15) is 0 Å². The Morgan fingerprint density at radius 1 is 1.09 bits per heavy atom. The normalized spacial score (nSPS) is 12.3. The van der Waals surface area contributed by atoms with Crippen LogP contribution in [0.2, 0.25) is 0 Å². The molecule has 0 aliphatic carbocycles. The van der Waals surface area contributed by atoms with E-state index in [0.29, 0.717) is 16.3 Å². The lowest BCUT2D eigenvalue weighted by molar-refractivity contribution is -0.119. The number of amides is 1. The SMILES string of the molecule is CCCC(C)NC(=O)CSc1nnc2n(-c3ccc(CC)cc3)c(=O)c3ccccc3n12. The summed E-state index contributed by atoms with van der Waals surface area (Å²) >= 11 is 1.32. The van der Waals surface area contributed by atoms with Crippen molar-refractivity contribution >= 4 is 34.3 Å². The number of aromatic nitrogens is 4. The summed E-state index contributed by atoms with van der Waals surface area (Å²) in [6.45, 7) is 6.20. The van der Waals surface area contributed by atoms with Crippen molar-refractivity contribution in [2.75, 3.05) is 5.75 Å². The standard InChI is InChI=1S/C24H27N5O2S/c1-4-8-16(3)25-21(30)15-32-24-27-26-23-28(18-13-11-17(5-2)12-14-18)22(31)19-9-6-7-10-20(19)29(23)24/h6-7,9-14,16H,4-5,8,15H2,1-3H3,(H,25,30). The van der Waals surface area contributed by atoms with Gasteiger partial charge in [-0.05, 0) is 49.6 Å². The van der Waals surface area contributed by atoms with Gasteiger partial charge in [0.2, 0.25) is 11.7 Å². The molecule has 8 heteroatoms. The number of hydrogen-bond donors (Lipinski definition) is 1. The maximum atomic E-state index is 13.4. The largest absolute Gasteiger partial charge is 0.353 e. The summed E-state index contributed by atoms with van der Waals surface area (Å²) in [7, 11) is 0. The monoisotopic (exact) mass is 449 g/mol. The number of thioether (sulfide) groups is 1. The predicted molar refractivity (Wildman–Crippen MR) is 129 cm³/mol. The van der Waals surface area contributed by atoms with E-state index in [1.54, 1.807) is 4.57 Å². The molecule has 2 heterocycles. The fourth-order valence-corrected chi connectivity index (χ4v) is 4.59. The van der Waals surface area contributed by atoms with Gasteiger partial charge in [-0.15, -0.1) is 10.2 Å². The summed E-state index contributed by atoms with van der Waals surface area (Å²) in [6, 6.07) is 15.4. The lowest BCUT2D eigenvalue weighted by Crippen LogP contribution is -2.33. The Labute approximate surface area is 190 Å². The molecule has 0 saturated carbocycles. The van der Waals surface area contributed by atoms with Crippen molar-refractivity contribution in [1.82, 2.24) is 24.5 Å². The highest BCUT2D eigenvalue weighted by Gasteiger charge is 2.19. The lowest BCUT2D eigenvalue weighted by atomic mass is 10.1. The predicted octanol–water partition coefficient (Wildman–Crippen LogP) is 3.99. The molecule has 32 heavy (non-hydrogen) atoms. The van der Waals surface area contributed by atoms with Crippen LogP contribution in [0, 0.1) is 0 Å². The third-order valence-corrected chi connectivity index (χ3v) is 6.39. The molecule has 166 valence electrons. The molecule has 0 bridgehead atoms. The first-order chi connectivity index (χ1) is 15.5. The van der Waals surface area contributed by atoms with Crippen LogP contribution in [-0.2, 0) is 11.2 Å². The Hall–Kier alpha value is -3.13. The molecule has 0 radical (unpaired) electrons. The molecular formula is C24H27N5O2S. The van der Waals surface area contributed by atoms with E-state index in [1.165, 1.54) is 17.3 Å². The zero-order chi connectivity index (χ0) is 22.7. The summed E-state index contributed by atoms with van der Waals surface area (Å²) in [6.07, 6.45) is 2.89. The summed E-state index contributed by atoms with van der Waals surface area (Å²) in [4.78, 5) is 25.7. The number of carbonyl (C=O) groups excluding carboxylic acids is 1. The van der Waals surface area contributed by atoms with Crippen molar-refractivity contribution in [3.63, 3.8) is 0 Å². The highest BCUT2D eigenvalue weighted by Crippen LogP contribution is 2.23. The van der Waals surface area contributed by atoms with Crippen molar-refractivity contribution in [3.05, 3.63) is 64.4 Å². The van der Waals surface area contributed by atoms with E-state index < -0.39 is 0 Å². The van der Waals surface area contributed by atoms with E-state index in [2.05, 4.69) is 29.4 Å². The maximum absolute atomic E-state index is 13.4. The average Bonchev–Trinajstić information content (AvgIpc) is 3.22. The Balaban J connectivity index is 1.77. The fraction of sp³-hybridized carbons (Fsp3) is 0.333. The molecule has 0 aliphatic rings. The molecule has 1 unspecified atom stereocenters. The number of rotatable bonds is 8. The third-order valence-electron chi connectivity index (χ3n) is 5.46. The van der Waals surface area contributed by atoms with Crippen LogP contribution in [0.3, 0.4) is 0 Å². The third kappa shape index (κ3) is 4.27. The van der Waals surface area contributed by atoms with E-state index in [1.807, 2.05) is 59.9 Å². The topological polar surface area (TPSA) is 81.3 Å². The van der Waals surface area contributed by atoms with Crippen LogP contribution in [-0.4, -0.2) is 36.9 Å². The van der Waals surface area contributed by atoms with Gasteiger partial charge in [-0.3, -0.25) is 14.0 Å². The fourth-order valence-electron chi connectivity index (χ4n) is 3.84. The first kappa shape index (κ1) is 22.1. The van der Waals surface area contributed by atoms with Crippen molar-refractivity contribution in [2.24, 2.45) is 0 Å². The molecule has 0 saturated heterocycles. The van der Waals surface area contributed by atoms with Gasteiger partial charge in [-0.25, -0.2) is 4.57 Å². The molecule has 7 nitrogen and oxygen atoms in total. The van der Waals surface area contributed by atoms with Gasteiger partial charge in [0, 0.05) is 6.04 Å². The van der Waals surface area contributed by atoms with Crippen molar-refractivity contribution < 1.29 is 4.79 Å². The van der Waals surface area contributed by atoms with E-state index >= 15 is 0 Å². The first-order valence-electron chi connectivity index (χ1n) is 10.9. The Kier molecular flexibility index (Phi) is 6.60. The molecule has 4 aromatic rings. The minimum absolute atomic E-state index is 0.0412. The van der Waals surface area contributed by atoms with Crippen LogP contribution >= 0.6 is 11.8 Å². The van der Waals surface area contributed by atoms with Gasteiger partial charge in [0.25, 0.3) is 5.56 Å². The van der Waals surface area contributed by atoms with Crippen LogP contribution in [0.4, 0.5) is 0 Å². The smallest absolute Gasteiger partial charge is 0.267 e. The Morgan fingerprint density at radius 3 is 2.56 bits per heavy atom. The van der Waals surface area contributed by atoms with Gasteiger partial charge in [0.05, 0.1) is 22.3 Å². The Bertz CT molecular complexity index is 1310. The van der Waals surface area contributed by atoms with Crippen molar-refractivity contribution in [2.45, 2.75) is 51.2 Å². The lowest BCUT2D eigenvalue weighted by Gasteiger charge is -2.13. The van der Waals surface area contributed by atoms with E-state index in [4.69, 9.17) is 0 Å². The molecule has 2 aromatic carbocycles. The molecule has 0 fully saturated rings. The number of benzene rings is 2. The summed E-state index contributed by atoms with van der Waals surface area (Å²) in [5.41, 5.74) is 2.51. The van der Waals surface area contributed by atoms with Crippen LogP contribution in [0.1, 0.15) is 39.2 Å². The second kappa shape index (κ2) is 9.56. The van der Waals surface area contributed by atoms with Gasteiger partial charge >= 0.3 is 0 Å². The zero-order valence-electron chi connectivity index (χ0n) is 18.5. The summed E-state index contributed by atoms with van der Waals surface area (Å²) in [5.74, 6) is 0.619. The van der Waals surface area contributed by atoms with Gasteiger partial charge in [0.15, 0.2) is 5.16 Å². The molecule has 1 atom stereocenters. The maximum Gasteiger partial charge on any atom is 0.267 e. The zero-order valence-corrected chi connectivity index (χ0v) is 19.4. The minimum Gasteiger partial charge on any atom is -0.353 e. The summed E-state index contributed by atoms with van der Waals surface area (Å²) in [5, 5.41) is 12.8. The molecule has 1 N–H and O–H groups in total.